The van der Waals surface area contributed by atoms with Crippen LogP contribution in [0.4, 0.5) is 0 Å². The average molecular weight is 339 g/mol. The van der Waals surface area contributed by atoms with Gasteiger partial charge < -0.3 is 15.4 Å². The topological polar surface area (TPSA) is 50.4 Å². The first-order valence-corrected chi connectivity index (χ1v) is 8.38. The van der Waals surface area contributed by atoms with Crippen molar-refractivity contribution < 1.29 is 9.53 Å². The number of carbonyl (C=O) groups excluding carboxylic acids is 1. The number of rotatable bonds is 4. The molecule has 4 nitrogen and oxygen atoms in total. The lowest BCUT2D eigenvalue weighted by Gasteiger charge is -2.22. The molecule has 0 aromatic heterocycles. The number of aryl methyl sites for hydroxylation is 2. The van der Waals surface area contributed by atoms with Gasteiger partial charge in [-0.3, -0.25) is 4.79 Å². The van der Waals surface area contributed by atoms with E-state index in [1.165, 1.54) is 24.0 Å². The Balaban J connectivity index is 0.00000192. The zero-order chi connectivity index (χ0) is 15.5. The molecule has 1 aromatic carbocycles. The van der Waals surface area contributed by atoms with Crippen LogP contribution in [0.2, 0.25) is 0 Å². The first-order chi connectivity index (χ1) is 10.6. The largest absolute Gasteiger partial charge is 0.480 e. The molecule has 2 N–H and O–H groups in total. The maximum atomic E-state index is 12.3. The number of ether oxygens (including phenoxy) is 1. The van der Waals surface area contributed by atoms with Crippen LogP contribution in [-0.4, -0.2) is 31.6 Å². The molecule has 128 valence electrons. The molecule has 0 spiro atoms. The zero-order valence-corrected chi connectivity index (χ0v) is 14.8. The van der Waals surface area contributed by atoms with Crippen LogP contribution in [0.15, 0.2) is 12.1 Å². The Bertz CT molecular complexity index is 525. The van der Waals surface area contributed by atoms with Gasteiger partial charge in [-0.25, -0.2) is 0 Å². The molecule has 2 unspecified atom stereocenters. The van der Waals surface area contributed by atoms with Crippen LogP contribution < -0.4 is 15.4 Å². The Morgan fingerprint density at radius 3 is 2.87 bits per heavy atom. The highest BCUT2D eigenvalue weighted by molar-refractivity contribution is 5.85. The normalized spacial score (nSPS) is 22.7. The molecule has 23 heavy (non-hydrogen) atoms. The number of halogens is 1. The van der Waals surface area contributed by atoms with Crippen molar-refractivity contribution in [1.82, 2.24) is 10.6 Å². The highest BCUT2D eigenvalue weighted by Gasteiger charge is 2.29. The van der Waals surface area contributed by atoms with E-state index in [0.29, 0.717) is 12.3 Å². The van der Waals surface area contributed by atoms with Crippen LogP contribution in [0, 0.1) is 19.8 Å². The number of fused-ring (bicyclic) bond motifs is 1. The fourth-order valence-electron chi connectivity index (χ4n) is 3.34. The summed E-state index contributed by atoms with van der Waals surface area (Å²) in [5, 5.41) is 6.46. The second-order valence-electron chi connectivity index (χ2n) is 6.65. The first kappa shape index (κ1) is 18.1. The van der Waals surface area contributed by atoms with Gasteiger partial charge in [0.25, 0.3) is 5.91 Å². The summed E-state index contributed by atoms with van der Waals surface area (Å²) < 4.78 is 5.82. The molecule has 2 atom stereocenters. The summed E-state index contributed by atoms with van der Waals surface area (Å²) in [6.07, 6.45) is 3.90. The maximum Gasteiger partial charge on any atom is 0.261 e. The van der Waals surface area contributed by atoms with Gasteiger partial charge >= 0.3 is 0 Å². The fraction of sp³-hybridized carbons (Fsp3) is 0.611. The summed E-state index contributed by atoms with van der Waals surface area (Å²) in [7, 11) is 0. The van der Waals surface area contributed by atoms with Gasteiger partial charge in [-0.05, 0) is 74.9 Å². The van der Waals surface area contributed by atoms with E-state index in [0.717, 1.165) is 37.4 Å². The summed E-state index contributed by atoms with van der Waals surface area (Å²) in [6.45, 7) is 7.14. The molecule has 5 heteroatoms. The summed E-state index contributed by atoms with van der Waals surface area (Å²) in [6, 6.07) is 4.19. The molecule has 1 fully saturated rings. The lowest BCUT2D eigenvalue weighted by atomic mass is 9.96. The highest BCUT2D eigenvalue weighted by atomic mass is 35.5. The van der Waals surface area contributed by atoms with Crippen LogP contribution >= 0.6 is 12.4 Å². The maximum absolute atomic E-state index is 12.3. The van der Waals surface area contributed by atoms with E-state index in [1.54, 1.807) is 0 Å². The average Bonchev–Trinajstić information content (AvgIpc) is 2.91. The molecule has 3 rings (SSSR count). The molecule has 2 aliphatic heterocycles. The minimum absolute atomic E-state index is 0. The number of nitrogens with one attached hydrogen (secondary N) is 2. The Kier molecular flexibility index (Phi) is 6.31. The summed E-state index contributed by atoms with van der Waals surface area (Å²) in [5.41, 5.74) is 3.62. The standard InChI is InChI=1S/C18H26N2O2.ClH/c1-12-8-15-10-17(22-16(15)9-13(12)2)18(21)20-7-5-14-4-3-6-19-11-14;/h8-9,14,17,19H,3-7,10-11H2,1-2H3,(H,20,21);1H. The second-order valence-corrected chi connectivity index (χ2v) is 6.65. The predicted molar refractivity (Wildman–Crippen MR) is 94.5 cm³/mol. The van der Waals surface area contributed by atoms with Gasteiger partial charge in [0.05, 0.1) is 0 Å². The van der Waals surface area contributed by atoms with Crippen LogP contribution in [0.25, 0.3) is 0 Å². The number of carbonyl (C=O) groups is 1. The van der Waals surface area contributed by atoms with Crippen LogP contribution in [0.5, 0.6) is 5.75 Å². The van der Waals surface area contributed by atoms with Gasteiger partial charge in [-0.2, -0.15) is 0 Å². The van der Waals surface area contributed by atoms with Crippen molar-refractivity contribution in [2.24, 2.45) is 5.92 Å². The molecular formula is C18H27ClN2O2. The molecule has 1 amide bonds. The van der Waals surface area contributed by atoms with Crippen molar-refractivity contribution in [1.29, 1.82) is 0 Å². The lowest BCUT2D eigenvalue weighted by molar-refractivity contribution is -0.127. The number of piperidine rings is 1. The molecule has 2 aliphatic rings. The van der Waals surface area contributed by atoms with E-state index in [1.807, 2.05) is 6.07 Å². The van der Waals surface area contributed by atoms with Crippen molar-refractivity contribution in [2.75, 3.05) is 19.6 Å². The van der Waals surface area contributed by atoms with Gasteiger partial charge in [0.2, 0.25) is 0 Å². The molecule has 0 bridgehead atoms. The fourth-order valence-corrected chi connectivity index (χ4v) is 3.34. The molecule has 2 heterocycles. The van der Waals surface area contributed by atoms with Crippen molar-refractivity contribution in [3.05, 3.63) is 28.8 Å². The number of hydrogen-bond donors (Lipinski definition) is 2. The van der Waals surface area contributed by atoms with E-state index >= 15 is 0 Å². The zero-order valence-electron chi connectivity index (χ0n) is 14.0. The van der Waals surface area contributed by atoms with Gasteiger partial charge in [-0.15, -0.1) is 12.4 Å². The van der Waals surface area contributed by atoms with Gasteiger partial charge in [0.1, 0.15) is 5.75 Å². The monoisotopic (exact) mass is 338 g/mol. The molecule has 0 radical (unpaired) electrons. The third-order valence-electron chi connectivity index (χ3n) is 4.89. The van der Waals surface area contributed by atoms with E-state index in [-0.39, 0.29) is 24.4 Å². The van der Waals surface area contributed by atoms with Gasteiger partial charge in [0.15, 0.2) is 6.10 Å². The lowest BCUT2D eigenvalue weighted by Crippen LogP contribution is -2.39. The number of hydrogen-bond acceptors (Lipinski definition) is 3. The third-order valence-corrected chi connectivity index (χ3v) is 4.89. The highest BCUT2D eigenvalue weighted by Crippen LogP contribution is 2.31. The van der Waals surface area contributed by atoms with E-state index in [9.17, 15) is 4.79 Å². The van der Waals surface area contributed by atoms with Crippen LogP contribution in [0.3, 0.4) is 0 Å². The van der Waals surface area contributed by atoms with Crippen LogP contribution in [-0.2, 0) is 11.2 Å². The summed E-state index contributed by atoms with van der Waals surface area (Å²) in [5.74, 6) is 1.59. The number of benzene rings is 1. The minimum atomic E-state index is -0.360. The van der Waals surface area contributed by atoms with E-state index in [2.05, 4.69) is 30.5 Å². The van der Waals surface area contributed by atoms with Gasteiger partial charge in [0, 0.05) is 13.0 Å². The minimum Gasteiger partial charge on any atom is -0.480 e. The van der Waals surface area contributed by atoms with Crippen molar-refractivity contribution in [2.45, 2.75) is 45.6 Å². The first-order valence-electron chi connectivity index (χ1n) is 8.38. The third kappa shape index (κ3) is 4.39. The van der Waals surface area contributed by atoms with Crippen LogP contribution in [0.1, 0.15) is 36.0 Å². The Morgan fingerprint density at radius 1 is 1.35 bits per heavy atom. The van der Waals surface area contributed by atoms with Crippen molar-refractivity contribution >= 4 is 18.3 Å². The summed E-state index contributed by atoms with van der Waals surface area (Å²) in [4.78, 5) is 12.3. The smallest absolute Gasteiger partial charge is 0.261 e. The molecule has 1 aromatic rings. The van der Waals surface area contributed by atoms with Crippen molar-refractivity contribution in [3.8, 4) is 5.75 Å². The second kappa shape index (κ2) is 8.02. The van der Waals surface area contributed by atoms with Crippen molar-refractivity contribution in [3.63, 3.8) is 0 Å². The summed E-state index contributed by atoms with van der Waals surface area (Å²) >= 11 is 0. The quantitative estimate of drug-likeness (QED) is 0.887. The molecular weight excluding hydrogens is 312 g/mol. The SMILES string of the molecule is Cc1cc2c(cc1C)OC(C(=O)NCCC1CCCNC1)C2.Cl. The molecule has 0 saturated carbocycles. The number of amides is 1. The van der Waals surface area contributed by atoms with Gasteiger partial charge in [-0.1, -0.05) is 6.07 Å². The molecule has 0 aliphatic carbocycles. The van der Waals surface area contributed by atoms with E-state index in [4.69, 9.17) is 4.74 Å². The Morgan fingerprint density at radius 2 is 2.13 bits per heavy atom. The predicted octanol–water partition coefficient (Wildman–Crippen LogP) is 2.53. The Hall–Kier alpha value is -1.26. The van der Waals surface area contributed by atoms with E-state index < -0.39 is 0 Å². The molecule has 1 saturated heterocycles. The Labute approximate surface area is 144 Å².